The predicted octanol–water partition coefficient (Wildman–Crippen LogP) is 3.15. The lowest BCUT2D eigenvalue weighted by atomic mass is 10.1. The first-order valence-electron chi connectivity index (χ1n) is 10.9. The first-order chi connectivity index (χ1) is 16.7. The number of nitrogens with zero attached hydrogens (tertiary/aromatic N) is 4. The van der Waals surface area contributed by atoms with Crippen molar-refractivity contribution in [1.29, 1.82) is 0 Å². The third-order valence-electron chi connectivity index (χ3n) is 5.58. The maximum Gasteiger partial charge on any atom is 0.416 e. The van der Waals surface area contributed by atoms with Gasteiger partial charge in [-0.1, -0.05) is 0 Å². The minimum Gasteiger partial charge on any atom is -0.383 e. The number of benzene rings is 1. The van der Waals surface area contributed by atoms with Gasteiger partial charge >= 0.3 is 18.2 Å². The molecule has 0 radical (unpaired) electrons. The van der Waals surface area contributed by atoms with E-state index in [4.69, 9.17) is 10.6 Å². The molecule has 3 N–H and O–H groups in total. The van der Waals surface area contributed by atoms with Crippen molar-refractivity contribution in [1.82, 2.24) is 20.3 Å². The van der Waals surface area contributed by atoms with Gasteiger partial charge in [0.25, 0.3) is 5.91 Å². The molecule has 0 bridgehead atoms. The SMILES string of the molecule is CC1(C)CN(c2ncc(C(=O)ON(CC3CC3)C(=O)c3cc(C(F)(F)F)ccc3F)c(N)n2)C(=O)N1. The molecule has 2 aliphatic rings. The lowest BCUT2D eigenvalue weighted by Gasteiger charge is -2.22. The van der Waals surface area contributed by atoms with Gasteiger partial charge in [-0.05, 0) is 50.8 Å². The second-order valence-electron chi connectivity index (χ2n) is 9.25. The molecular weight excluding hydrogens is 488 g/mol. The molecule has 0 atom stereocenters. The Hall–Kier alpha value is -3.97. The fraction of sp³-hybridized carbons (Fsp3) is 0.409. The Balaban J connectivity index is 1.56. The normalized spacial score (nSPS) is 17.1. The lowest BCUT2D eigenvalue weighted by molar-refractivity contribution is -0.137. The molecule has 2 aromatic rings. The zero-order valence-electron chi connectivity index (χ0n) is 19.2. The van der Waals surface area contributed by atoms with Crippen LogP contribution in [0.15, 0.2) is 24.4 Å². The van der Waals surface area contributed by atoms with Crippen molar-refractivity contribution in [2.24, 2.45) is 5.92 Å². The molecule has 1 aromatic heterocycles. The minimum atomic E-state index is -4.81. The lowest BCUT2D eigenvalue weighted by Crippen LogP contribution is -2.36. The third-order valence-corrected chi connectivity index (χ3v) is 5.58. The van der Waals surface area contributed by atoms with Crippen LogP contribution < -0.4 is 16.0 Å². The summed E-state index contributed by atoms with van der Waals surface area (Å²) in [6.07, 6.45) is -2.42. The van der Waals surface area contributed by atoms with Gasteiger partial charge in [0, 0.05) is 6.20 Å². The number of hydrogen-bond donors (Lipinski definition) is 2. The molecule has 36 heavy (non-hydrogen) atoms. The van der Waals surface area contributed by atoms with E-state index in [2.05, 4.69) is 15.3 Å². The Morgan fingerprint density at radius 1 is 1.28 bits per heavy atom. The van der Waals surface area contributed by atoms with Crippen molar-refractivity contribution < 1.29 is 36.8 Å². The van der Waals surface area contributed by atoms with Gasteiger partial charge in [0.05, 0.1) is 29.8 Å². The van der Waals surface area contributed by atoms with Crippen molar-refractivity contribution in [3.8, 4) is 0 Å². The van der Waals surface area contributed by atoms with Crippen LogP contribution in [-0.2, 0) is 11.0 Å². The van der Waals surface area contributed by atoms with Crippen LogP contribution >= 0.6 is 0 Å². The van der Waals surface area contributed by atoms with Gasteiger partial charge in [0.15, 0.2) is 0 Å². The molecule has 2 fully saturated rings. The number of anilines is 2. The highest BCUT2D eigenvalue weighted by Crippen LogP contribution is 2.33. The molecule has 1 aliphatic carbocycles. The number of carbonyl (C=O) groups is 3. The molecule has 0 unspecified atom stereocenters. The van der Waals surface area contributed by atoms with E-state index in [1.54, 1.807) is 13.8 Å². The number of alkyl halides is 3. The maximum absolute atomic E-state index is 14.3. The molecule has 4 rings (SSSR count). The number of hydrogen-bond acceptors (Lipinski definition) is 7. The Labute approximate surface area is 202 Å². The Morgan fingerprint density at radius 2 is 1.97 bits per heavy atom. The number of nitrogen functional groups attached to an aromatic ring is 1. The fourth-order valence-corrected chi connectivity index (χ4v) is 3.54. The summed E-state index contributed by atoms with van der Waals surface area (Å²) in [6, 6.07) is 0.928. The standard InChI is InChI=1S/C22H22F4N6O4/c1-21(2)10-31(20(35)30-21)19-28-8-14(16(27)29-19)18(34)36-32(9-11-3-4-11)17(33)13-7-12(22(24,25)26)5-6-15(13)23/h5-8,11H,3-4,9-10H2,1-2H3,(H,30,35)(H2,27,28,29). The number of urea groups is 1. The highest BCUT2D eigenvalue weighted by Gasteiger charge is 2.38. The van der Waals surface area contributed by atoms with E-state index in [0.717, 1.165) is 6.20 Å². The number of amides is 3. The van der Waals surface area contributed by atoms with Gasteiger partial charge < -0.3 is 15.9 Å². The van der Waals surface area contributed by atoms with Crippen molar-refractivity contribution in [3.63, 3.8) is 0 Å². The molecule has 14 heteroatoms. The van der Waals surface area contributed by atoms with Gasteiger partial charge in [-0.2, -0.15) is 23.2 Å². The van der Waals surface area contributed by atoms with Crippen LogP contribution in [-0.4, -0.2) is 51.6 Å². The highest BCUT2D eigenvalue weighted by molar-refractivity contribution is 5.98. The van der Waals surface area contributed by atoms with E-state index in [1.807, 2.05) is 0 Å². The van der Waals surface area contributed by atoms with Crippen molar-refractivity contribution in [2.75, 3.05) is 23.7 Å². The van der Waals surface area contributed by atoms with Crippen LogP contribution in [0.4, 0.5) is 34.1 Å². The maximum atomic E-state index is 14.3. The first kappa shape index (κ1) is 25.1. The molecule has 3 amide bonds. The molecule has 1 saturated heterocycles. The largest absolute Gasteiger partial charge is 0.416 e. The first-order valence-corrected chi connectivity index (χ1v) is 10.9. The summed E-state index contributed by atoms with van der Waals surface area (Å²) in [5, 5.41) is 3.24. The monoisotopic (exact) mass is 510 g/mol. The molecule has 1 saturated carbocycles. The smallest absolute Gasteiger partial charge is 0.383 e. The molecular formula is C22H22F4N6O4. The van der Waals surface area contributed by atoms with Crippen LogP contribution in [0.5, 0.6) is 0 Å². The summed E-state index contributed by atoms with van der Waals surface area (Å²) in [7, 11) is 0. The van der Waals surface area contributed by atoms with Crippen LogP contribution in [0, 0.1) is 11.7 Å². The Bertz CT molecular complexity index is 1230. The Morgan fingerprint density at radius 3 is 2.53 bits per heavy atom. The third kappa shape index (κ3) is 5.31. The zero-order chi connectivity index (χ0) is 26.4. The number of aromatic nitrogens is 2. The number of hydroxylamine groups is 2. The Kier molecular flexibility index (Phi) is 6.22. The van der Waals surface area contributed by atoms with Crippen LogP contribution in [0.25, 0.3) is 0 Å². The van der Waals surface area contributed by atoms with E-state index >= 15 is 0 Å². The molecule has 0 spiro atoms. The van der Waals surface area contributed by atoms with E-state index in [9.17, 15) is 31.9 Å². The fourth-order valence-electron chi connectivity index (χ4n) is 3.54. The summed E-state index contributed by atoms with van der Waals surface area (Å²) < 4.78 is 53.5. The second kappa shape index (κ2) is 8.91. The number of carbonyl (C=O) groups excluding carboxylic acids is 3. The average Bonchev–Trinajstić information content (AvgIpc) is 3.54. The summed E-state index contributed by atoms with van der Waals surface area (Å²) in [5.41, 5.74) is 2.84. The average molecular weight is 510 g/mol. The van der Waals surface area contributed by atoms with Crippen molar-refractivity contribution >= 4 is 29.7 Å². The van der Waals surface area contributed by atoms with Crippen molar-refractivity contribution in [3.05, 3.63) is 46.9 Å². The summed E-state index contributed by atoms with van der Waals surface area (Å²) in [6.45, 7) is 3.67. The number of nitrogens with one attached hydrogen (secondary N) is 1. The zero-order valence-corrected chi connectivity index (χ0v) is 19.2. The summed E-state index contributed by atoms with van der Waals surface area (Å²) >= 11 is 0. The van der Waals surface area contributed by atoms with Crippen LogP contribution in [0.3, 0.4) is 0 Å². The van der Waals surface area contributed by atoms with Crippen LogP contribution in [0.2, 0.25) is 0 Å². The van der Waals surface area contributed by atoms with Gasteiger partial charge in [-0.3, -0.25) is 9.69 Å². The molecule has 10 nitrogen and oxygen atoms in total. The number of rotatable bonds is 5. The van der Waals surface area contributed by atoms with Crippen LogP contribution in [0.1, 0.15) is 53.0 Å². The second-order valence-corrected chi connectivity index (χ2v) is 9.25. The quantitative estimate of drug-likeness (QED) is 0.467. The van der Waals surface area contributed by atoms with Gasteiger partial charge in [-0.25, -0.2) is 19.0 Å². The summed E-state index contributed by atoms with van der Waals surface area (Å²) in [4.78, 5) is 52.2. The van der Waals surface area contributed by atoms with E-state index in [0.29, 0.717) is 36.1 Å². The van der Waals surface area contributed by atoms with Crippen molar-refractivity contribution in [2.45, 2.75) is 38.4 Å². The van der Waals surface area contributed by atoms with E-state index in [-0.39, 0.29) is 36.3 Å². The van der Waals surface area contributed by atoms with Gasteiger partial charge in [-0.15, -0.1) is 0 Å². The number of halogens is 4. The molecule has 1 aromatic carbocycles. The van der Waals surface area contributed by atoms with Gasteiger partial charge in [0.1, 0.15) is 17.2 Å². The highest BCUT2D eigenvalue weighted by atomic mass is 19.4. The molecule has 192 valence electrons. The molecule has 1 aliphatic heterocycles. The minimum absolute atomic E-state index is 0.0657. The number of nitrogens with two attached hydrogens (primary N) is 1. The topological polar surface area (TPSA) is 131 Å². The van der Waals surface area contributed by atoms with E-state index < -0.39 is 46.6 Å². The van der Waals surface area contributed by atoms with E-state index in [1.165, 1.54) is 4.90 Å². The van der Waals surface area contributed by atoms with Gasteiger partial charge in [0.2, 0.25) is 5.95 Å². The summed E-state index contributed by atoms with van der Waals surface area (Å²) in [5.74, 6) is -4.12. The molecule has 2 heterocycles. The predicted molar refractivity (Wildman–Crippen MR) is 117 cm³/mol.